The summed E-state index contributed by atoms with van der Waals surface area (Å²) < 4.78 is 69.5. The van der Waals surface area contributed by atoms with Crippen LogP contribution in [0.4, 0.5) is 0 Å². The number of carbonyl (C=O) groups is 1. The fourth-order valence-corrected chi connectivity index (χ4v) is 3.01. The average Bonchev–Trinajstić information content (AvgIpc) is 2.65. The van der Waals surface area contributed by atoms with Crippen molar-refractivity contribution in [2.75, 3.05) is 46.0 Å². The van der Waals surface area contributed by atoms with Crippen molar-refractivity contribution in [2.45, 2.75) is 26.1 Å². The summed E-state index contributed by atoms with van der Waals surface area (Å²) in [4.78, 5) is 10.9. The monoisotopic (exact) mass is 468 g/mol. The van der Waals surface area contributed by atoms with Gasteiger partial charge in [-0.2, -0.15) is 16.8 Å². The Bertz CT molecular complexity index is 824. The Morgan fingerprint density at radius 2 is 1.30 bits per heavy atom. The zero-order chi connectivity index (χ0) is 22.6. The number of benzene rings is 1. The van der Waals surface area contributed by atoms with Crippen molar-refractivity contribution in [1.82, 2.24) is 0 Å². The molecule has 0 atom stereocenters. The fraction of sp³-hybridized carbons (Fsp3) is 0.611. The lowest BCUT2D eigenvalue weighted by atomic mass is 10.0. The van der Waals surface area contributed by atoms with Gasteiger partial charge in [-0.3, -0.25) is 8.37 Å². The number of rotatable bonds is 15. The molecule has 1 rings (SSSR count). The van der Waals surface area contributed by atoms with E-state index in [0.29, 0.717) is 37.2 Å². The summed E-state index contributed by atoms with van der Waals surface area (Å²) >= 11 is 0. The van der Waals surface area contributed by atoms with Crippen LogP contribution in [0.25, 0.3) is 0 Å². The first-order chi connectivity index (χ1) is 14.0. The number of hydrogen-bond donors (Lipinski definition) is 0. The smallest absolute Gasteiger partial charge is 0.331 e. The Kier molecular flexibility index (Phi) is 11.4. The summed E-state index contributed by atoms with van der Waals surface area (Å²) in [5.41, 5.74) is 2.03. The van der Waals surface area contributed by atoms with Gasteiger partial charge in [-0.05, 0) is 29.5 Å². The molecule has 0 bridgehead atoms. The van der Waals surface area contributed by atoms with Gasteiger partial charge in [-0.1, -0.05) is 18.2 Å². The highest BCUT2D eigenvalue weighted by Crippen LogP contribution is 2.16. The highest BCUT2D eigenvalue weighted by molar-refractivity contribution is 7.86. The second kappa shape index (κ2) is 13.0. The predicted octanol–water partition coefficient (Wildman–Crippen LogP) is 0.778. The second-order valence-electron chi connectivity index (χ2n) is 6.44. The number of aryl methyl sites for hydroxylation is 1. The highest BCUT2D eigenvalue weighted by atomic mass is 32.2. The number of hydrogen-bond acceptors (Lipinski definition) is 10. The van der Waals surface area contributed by atoms with Crippen molar-refractivity contribution in [3.8, 4) is 0 Å². The molecule has 0 aromatic heterocycles. The molecule has 0 fully saturated rings. The van der Waals surface area contributed by atoms with Crippen LogP contribution in [0.1, 0.15) is 23.1 Å². The molecule has 172 valence electrons. The maximum Gasteiger partial charge on any atom is 0.331 e. The van der Waals surface area contributed by atoms with Gasteiger partial charge in [0.1, 0.15) is 6.61 Å². The summed E-state index contributed by atoms with van der Waals surface area (Å²) in [6, 6.07) is 5.21. The third kappa shape index (κ3) is 13.6. The first-order valence-electron chi connectivity index (χ1n) is 9.01. The Morgan fingerprint density at radius 1 is 0.800 bits per heavy atom. The summed E-state index contributed by atoms with van der Waals surface area (Å²) in [6.07, 6.45) is 3.19. The Balaban J connectivity index is 2.56. The molecule has 0 saturated heterocycles. The second-order valence-corrected chi connectivity index (χ2v) is 9.72. The summed E-state index contributed by atoms with van der Waals surface area (Å²) in [5.74, 6) is -0.453. The van der Waals surface area contributed by atoms with Gasteiger partial charge in [0.05, 0.1) is 46.0 Å². The highest BCUT2D eigenvalue weighted by Gasteiger charge is 2.09. The molecule has 0 amide bonds. The zero-order valence-corrected chi connectivity index (χ0v) is 18.9. The molecule has 0 aliphatic heterocycles. The summed E-state index contributed by atoms with van der Waals surface area (Å²) in [7, 11) is -5.94. The van der Waals surface area contributed by atoms with Crippen molar-refractivity contribution in [3.63, 3.8) is 0 Å². The molecule has 0 aliphatic carbocycles. The number of methoxy groups -OCH3 is 1. The molecule has 0 N–H and O–H groups in total. The van der Waals surface area contributed by atoms with Crippen molar-refractivity contribution in [3.05, 3.63) is 34.9 Å². The van der Waals surface area contributed by atoms with Gasteiger partial charge >= 0.3 is 5.97 Å². The molecule has 0 radical (unpaired) electrons. The topological polar surface area (TPSA) is 132 Å². The standard InChI is InChI=1S/C18H28O10S2/c1-24-18(19)14-26-8-7-25-6-4-5-15-9-16(12-27-29(2,20)21)11-17(10-15)13-28-30(3,22)23/h9-11H,4-8,12-14H2,1-3H3. The van der Waals surface area contributed by atoms with E-state index in [1.807, 2.05) is 0 Å². The summed E-state index contributed by atoms with van der Waals surface area (Å²) in [5, 5.41) is 0. The van der Waals surface area contributed by atoms with E-state index >= 15 is 0 Å². The van der Waals surface area contributed by atoms with Gasteiger partial charge in [-0.15, -0.1) is 0 Å². The van der Waals surface area contributed by atoms with Gasteiger partial charge in [0.2, 0.25) is 0 Å². The molecular formula is C18H28O10S2. The van der Waals surface area contributed by atoms with E-state index in [1.165, 1.54) is 7.11 Å². The molecule has 30 heavy (non-hydrogen) atoms. The van der Waals surface area contributed by atoms with E-state index in [-0.39, 0.29) is 26.4 Å². The number of carbonyl (C=O) groups excluding carboxylic acids is 1. The van der Waals surface area contributed by atoms with Crippen LogP contribution in [-0.2, 0) is 67.2 Å². The lowest BCUT2D eigenvalue weighted by Gasteiger charge is -2.10. The first-order valence-corrected chi connectivity index (χ1v) is 12.6. The van der Waals surface area contributed by atoms with Crippen molar-refractivity contribution >= 4 is 26.2 Å². The molecule has 0 saturated carbocycles. The Hall–Kier alpha value is -1.57. The maximum atomic E-state index is 11.2. The number of ether oxygens (including phenoxy) is 3. The minimum Gasteiger partial charge on any atom is -0.467 e. The summed E-state index contributed by atoms with van der Waals surface area (Å²) in [6.45, 7) is 0.591. The minimum absolute atomic E-state index is 0.124. The van der Waals surface area contributed by atoms with Crippen molar-refractivity contribution in [1.29, 1.82) is 0 Å². The van der Waals surface area contributed by atoms with Crippen LogP contribution in [0.15, 0.2) is 18.2 Å². The van der Waals surface area contributed by atoms with Crippen LogP contribution >= 0.6 is 0 Å². The third-order valence-electron chi connectivity index (χ3n) is 3.57. The van der Waals surface area contributed by atoms with Crippen LogP contribution in [0, 0.1) is 0 Å². The largest absolute Gasteiger partial charge is 0.467 e. The Labute approximate surface area is 177 Å². The van der Waals surface area contributed by atoms with Crippen LogP contribution in [0.3, 0.4) is 0 Å². The van der Waals surface area contributed by atoms with Crippen LogP contribution in [0.5, 0.6) is 0 Å². The molecule has 0 unspecified atom stereocenters. The number of esters is 1. The normalized spacial score (nSPS) is 12.1. The van der Waals surface area contributed by atoms with E-state index in [1.54, 1.807) is 18.2 Å². The van der Waals surface area contributed by atoms with Gasteiger partial charge in [-0.25, -0.2) is 4.79 Å². The predicted molar refractivity (Wildman–Crippen MR) is 108 cm³/mol. The van der Waals surface area contributed by atoms with E-state index in [0.717, 1.165) is 18.1 Å². The van der Waals surface area contributed by atoms with E-state index < -0.39 is 26.2 Å². The van der Waals surface area contributed by atoms with Gasteiger partial charge in [0.15, 0.2) is 0 Å². The maximum absolute atomic E-state index is 11.2. The molecule has 1 aromatic rings. The van der Waals surface area contributed by atoms with E-state index in [2.05, 4.69) is 4.74 Å². The molecule has 0 aliphatic rings. The fourth-order valence-electron chi connectivity index (χ4n) is 2.31. The van der Waals surface area contributed by atoms with Crippen molar-refractivity contribution in [2.24, 2.45) is 0 Å². The molecule has 12 heteroatoms. The lowest BCUT2D eigenvalue weighted by molar-refractivity contribution is -0.146. The van der Waals surface area contributed by atoms with Crippen LogP contribution in [-0.4, -0.2) is 68.9 Å². The zero-order valence-electron chi connectivity index (χ0n) is 17.3. The minimum atomic E-state index is -3.61. The third-order valence-corrected chi connectivity index (χ3v) is 4.66. The van der Waals surface area contributed by atoms with Gasteiger partial charge < -0.3 is 14.2 Å². The molecule has 0 heterocycles. The first kappa shape index (κ1) is 26.5. The van der Waals surface area contributed by atoms with E-state index in [9.17, 15) is 21.6 Å². The van der Waals surface area contributed by atoms with Crippen LogP contribution < -0.4 is 0 Å². The lowest BCUT2D eigenvalue weighted by Crippen LogP contribution is -2.13. The SMILES string of the molecule is COC(=O)COCCOCCCc1cc(COS(C)(=O)=O)cc(COS(C)(=O)=O)c1. The molecular weight excluding hydrogens is 440 g/mol. The Morgan fingerprint density at radius 3 is 1.80 bits per heavy atom. The van der Waals surface area contributed by atoms with Gasteiger partial charge in [0, 0.05) is 6.61 Å². The average molecular weight is 469 g/mol. The van der Waals surface area contributed by atoms with Gasteiger partial charge in [0.25, 0.3) is 20.2 Å². The quantitative estimate of drug-likeness (QED) is 0.207. The molecule has 1 aromatic carbocycles. The van der Waals surface area contributed by atoms with Crippen molar-refractivity contribution < 1.29 is 44.2 Å². The van der Waals surface area contributed by atoms with E-state index in [4.69, 9.17) is 17.8 Å². The van der Waals surface area contributed by atoms with Crippen LogP contribution in [0.2, 0.25) is 0 Å². The molecule has 10 nitrogen and oxygen atoms in total. The molecule has 0 spiro atoms.